The van der Waals surface area contributed by atoms with Crippen molar-refractivity contribution in [3.05, 3.63) is 36.3 Å². The minimum absolute atomic E-state index is 0.120. The van der Waals surface area contributed by atoms with E-state index in [0.29, 0.717) is 23.4 Å². The molecule has 0 saturated carbocycles. The molecule has 0 radical (unpaired) electrons. The van der Waals surface area contributed by atoms with Gasteiger partial charge >= 0.3 is 0 Å². The van der Waals surface area contributed by atoms with Gasteiger partial charge in [-0.25, -0.2) is 9.97 Å². The molecule has 0 saturated heterocycles. The molecular formula is C14H11N3O3. The number of aromatic nitrogens is 2. The van der Waals surface area contributed by atoms with Crippen molar-refractivity contribution in [2.45, 2.75) is 13.0 Å². The Kier molecular flexibility index (Phi) is 2.90. The van der Waals surface area contributed by atoms with Crippen LogP contribution >= 0.6 is 0 Å². The van der Waals surface area contributed by atoms with Crippen molar-refractivity contribution in [3.63, 3.8) is 0 Å². The highest BCUT2D eigenvalue weighted by atomic mass is 16.5. The van der Waals surface area contributed by atoms with Gasteiger partial charge in [-0.15, -0.1) is 0 Å². The number of carbonyl (C=O) groups excluding carboxylic acids is 2. The second-order valence-corrected chi connectivity index (χ2v) is 4.38. The number of fused-ring (bicyclic) bond motifs is 1. The van der Waals surface area contributed by atoms with Crippen LogP contribution in [0, 0.1) is 0 Å². The Bertz CT molecular complexity index is 700. The molecule has 6 heteroatoms. The Morgan fingerprint density at radius 3 is 3.00 bits per heavy atom. The number of rotatable bonds is 2. The predicted octanol–water partition coefficient (Wildman–Crippen LogP) is 1.68. The minimum Gasteiger partial charge on any atom is -0.479 e. The van der Waals surface area contributed by atoms with Gasteiger partial charge in [0.15, 0.2) is 18.2 Å². The highest BCUT2D eigenvalue weighted by Gasteiger charge is 2.23. The fraction of sp³-hybridized carbons (Fsp3) is 0.143. The minimum atomic E-state index is -0.505. The number of anilines is 1. The third-order valence-electron chi connectivity index (χ3n) is 2.99. The van der Waals surface area contributed by atoms with E-state index in [0.717, 1.165) is 5.56 Å². The summed E-state index contributed by atoms with van der Waals surface area (Å²) in [6.07, 6.45) is 1.60. The lowest BCUT2D eigenvalue weighted by molar-refractivity contribution is -0.122. The molecule has 0 fully saturated rings. The molecule has 0 bridgehead atoms. The molecule has 1 atom stereocenters. The molecule has 20 heavy (non-hydrogen) atoms. The molecule has 100 valence electrons. The summed E-state index contributed by atoms with van der Waals surface area (Å²) >= 11 is 0. The zero-order valence-corrected chi connectivity index (χ0v) is 10.7. The SMILES string of the molecule is CC1Oc2ccc(-c3ccnc(C=O)n3)cc2NC1=O. The molecule has 1 aromatic carbocycles. The second kappa shape index (κ2) is 4.73. The van der Waals surface area contributed by atoms with Crippen molar-refractivity contribution < 1.29 is 14.3 Å². The Balaban J connectivity index is 2.02. The summed E-state index contributed by atoms with van der Waals surface area (Å²) in [5.74, 6) is 0.547. The Hall–Kier alpha value is -2.76. The van der Waals surface area contributed by atoms with Crippen LogP contribution in [0.2, 0.25) is 0 Å². The Morgan fingerprint density at radius 1 is 1.35 bits per heavy atom. The lowest BCUT2D eigenvalue weighted by Crippen LogP contribution is -2.34. The van der Waals surface area contributed by atoms with E-state index in [1.54, 1.807) is 25.1 Å². The summed E-state index contributed by atoms with van der Waals surface area (Å²) in [7, 11) is 0. The average molecular weight is 269 g/mol. The van der Waals surface area contributed by atoms with Crippen molar-refractivity contribution in [3.8, 4) is 17.0 Å². The number of hydrogen-bond donors (Lipinski definition) is 1. The van der Waals surface area contributed by atoms with Crippen LogP contribution in [0.5, 0.6) is 5.75 Å². The van der Waals surface area contributed by atoms with Crippen LogP contribution in [-0.4, -0.2) is 28.3 Å². The maximum absolute atomic E-state index is 11.6. The van der Waals surface area contributed by atoms with E-state index < -0.39 is 6.10 Å². The zero-order valence-electron chi connectivity index (χ0n) is 10.7. The molecule has 1 amide bonds. The largest absolute Gasteiger partial charge is 0.479 e. The van der Waals surface area contributed by atoms with Gasteiger partial charge in [0.1, 0.15) is 5.75 Å². The van der Waals surface area contributed by atoms with Crippen LogP contribution < -0.4 is 10.1 Å². The lowest BCUT2D eigenvalue weighted by Gasteiger charge is -2.23. The van der Waals surface area contributed by atoms with E-state index in [-0.39, 0.29) is 11.7 Å². The van der Waals surface area contributed by atoms with E-state index in [4.69, 9.17) is 4.74 Å². The summed E-state index contributed by atoms with van der Waals surface area (Å²) in [5.41, 5.74) is 1.97. The van der Waals surface area contributed by atoms with Crippen LogP contribution in [0.25, 0.3) is 11.3 Å². The van der Waals surface area contributed by atoms with Crippen LogP contribution in [0.3, 0.4) is 0 Å². The van der Waals surface area contributed by atoms with Crippen molar-refractivity contribution in [2.24, 2.45) is 0 Å². The fourth-order valence-electron chi connectivity index (χ4n) is 1.96. The predicted molar refractivity (Wildman–Crippen MR) is 71.6 cm³/mol. The summed E-state index contributed by atoms with van der Waals surface area (Å²) in [6.45, 7) is 1.69. The first-order valence-corrected chi connectivity index (χ1v) is 6.07. The lowest BCUT2D eigenvalue weighted by atomic mass is 10.1. The Labute approximate surface area is 114 Å². The molecule has 1 aliphatic heterocycles. The van der Waals surface area contributed by atoms with Gasteiger partial charge in [-0.05, 0) is 31.2 Å². The first kappa shape index (κ1) is 12.3. The molecule has 2 aromatic rings. The van der Waals surface area contributed by atoms with E-state index in [1.165, 1.54) is 6.20 Å². The summed E-state index contributed by atoms with van der Waals surface area (Å²) in [4.78, 5) is 30.2. The van der Waals surface area contributed by atoms with Gasteiger partial charge in [0, 0.05) is 11.8 Å². The molecule has 0 spiro atoms. The van der Waals surface area contributed by atoms with Gasteiger partial charge in [-0.3, -0.25) is 9.59 Å². The van der Waals surface area contributed by atoms with E-state index in [1.807, 2.05) is 6.07 Å². The van der Waals surface area contributed by atoms with E-state index in [2.05, 4.69) is 15.3 Å². The molecule has 1 aliphatic rings. The molecule has 3 rings (SSSR count). The first-order chi connectivity index (χ1) is 9.67. The number of ether oxygens (including phenoxy) is 1. The molecule has 1 aromatic heterocycles. The maximum Gasteiger partial charge on any atom is 0.265 e. The molecule has 1 unspecified atom stereocenters. The van der Waals surface area contributed by atoms with Gasteiger partial charge in [0.25, 0.3) is 5.91 Å². The summed E-state index contributed by atoms with van der Waals surface area (Å²) < 4.78 is 5.48. The number of benzene rings is 1. The third kappa shape index (κ3) is 2.11. The first-order valence-electron chi connectivity index (χ1n) is 6.07. The second-order valence-electron chi connectivity index (χ2n) is 4.38. The van der Waals surface area contributed by atoms with Gasteiger partial charge in [-0.2, -0.15) is 0 Å². The zero-order chi connectivity index (χ0) is 14.1. The number of amides is 1. The molecule has 1 N–H and O–H groups in total. The van der Waals surface area contributed by atoms with E-state index >= 15 is 0 Å². The molecule has 6 nitrogen and oxygen atoms in total. The summed E-state index contributed by atoms with van der Waals surface area (Å²) in [5, 5.41) is 2.77. The van der Waals surface area contributed by atoms with Crippen molar-refractivity contribution in [2.75, 3.05) is 5.32 Å². The van der Waals surface area contributed by atoms with E-state index in [9.17, 15) is 9.59 Å². The van der Waals surface area contributed by atoms with Crippen LogP contribution in [0.15, 0.2) is 30.5 Å². The number of nitrogens with zero attached hydrogens (tertiary/aromatic N) is 2. The highest BCUT2D eigenvalue weighted by Crippen LogP contribution is 2.33. The molecule has 0 aliphatic carbocycles. The number of nitrogens with one attached hydrogen (secondary N) is 1. The monoisotopic (exact) mass is 269 g/mol. The van der Waals surface area contributed by atoms with Crippen LogP contribution in [0.1, 0.15) is 17.5 Å². The van der Waals surface area contributed by atoms with Gasteiger partial charge in [0.05, 0.1) is 11.4 Å². The smallest absolute Gasteiger partial charge is 0.265 e. The molecular weight excluding hydrogens is 258 g/mol. The Morgan fingerprint density at radius 2 is 2.20 bits per heavy atom. The average Bonchev–Trinajstić information content (AvgIpc) is 2.48. The molecule has 2 heterocycles. The highest BCUT2D eigenvalue weighted by molar-refractivity contribution is 5.98. The topological polar surface area (TPSA) is 81.2 Å². The van der Waals surface area contributed by atoms with Crippen molar-refractivity contribution >= 4 is 17.9 Å². The van der Waals surface area contributed by atoms with Gasteiger partial charge in [0.2, 0.25) is 0 Å². The number of carbonyl (C=O) groups is 2. The number of aldehydes is 1. The summed E-state index contributed by atoms with van der Waals surface area (Å²) in [6, 6.07) is 7.04. The standard InChI is InChI=1S/C14H11N3O3/c1-8-14(19)17-11-6-9(2-3-12(11)20-8)10-4-5-15-13(7-18)16-10/h2-8H,1H3,(H,17,19). The van der Waals surface area contributed by atoms with Crippen LogP contribution in [-0.2, 0) is 4.79 Å². The fourth-order valence-corrected chi connectivity index (χ4v) is 1.96. The maximum atomic E-state index is 11.6. The van der Waals surface area contributed by atoms with Gasteiger partial charge < -0.3 is 10.1 Å². The third-order valence-corrected chi connectivity index (χ3v) is 2.99. The quantitative estimate of drug-likeness (QED) is 0.839. The van der Waals surface area contributed by atoms with Crippen LogP contribution in [0.4, 0.5) is 5.69 Å². The van der Waals surface area contributed by atoms with Crippen molar-refractivity contribution in [1.29, 1.82) is 0 Å². The van der Waals surface area contributed by atoms with Crippen molar-refractivity contribution in [1.82, 2.24) is 9.97 Å². The number of hydrogen-bond acceptors (Lipinski definition) is 5. The normalized spacial score (nSPS) is 16.9. The van der Waals surface area contributed by atoms with Gasteiger partial charge in [-0.1, -0.05) is 0 Å².